The van der Waals surface area contributed by atoms with Crippen molar-refractivity contribution in [3.05, 3.63) is 23.1 Å². The summed E-state index contributed by atoms with van der Waals surface area (Å²) in [4.78, 5) is 11.0. The smallest absolute Gasteiger partial charge is 0.187 e. The fourth-order valence-electron chi connectivity index (χ4n) is 2.03. The van der Waals surface area contributed by atoms with Gasteiger partial charge in [-0.3, -0.25) is 4.57 Å². The SMILES string of the molecule is Clc1cn(-c2csc(N3CCCCC3)n2)cn1. The van der Waals surface area contributed by atoms with E-state index in [0.717, 1.165) is 24.0 Å². The number of anilines is 1. The van der Waals surface area contributed by atoms with Crippen molar-refractivity contribution in [1.29, 1.82) is 0 Å². The average Bonchev–Trinajstić information content (AvgIpc) is 2.98. The summed E-state index contributed by atoms with van der Waals surface area (Å²) >= 11 is 7.48. The van der Waals surface area contributed by atoms with Crippen molar-refractivity contribution < 1.29 is 0 Å². The first kappa shape index (κ1) is 11.0. The lowest BCUT2D eigenvalue weighted by atomic mass is 10.1. The Hall–Kier alpha value is -1.07. The lowest BCUT2D eigenvalue weighted by Crippen LogP contribution is -2.29. The molecule has 0 aromatic carbocycles. The minimum absolute atomic E-state index is 0.498. The zero-order chi connectivity index (χ0) is 11.7. The number of aromatic nitrogens is 3. The summed E-state index contributed by atoms with van der Waals surface area (Å²) in [5, 5.41) is 3.64. The van der Waals surface area contributed by atoms with Gasteiger partial charge in [-0.1, -0.05) is 11.6 Å². The fourth-order valence-corrected chi connectivity index (χ4v) is 3.04. The summed E-state index contributed by atoms with van der Waals surface area (Å²) < 4.78 is 1.85. The first-order valence-corrected chi connectivity index (χ1v) is 6.99. The van der Waals surface area contributed by atoms with Gasteiger partial charge in [-0.05, 0) is 19.3 Å². The highest BCUT2D eigenvalue weighted by Gasteiger charge is 2.14. The number of imidazole rings is 1. The highest BCUT2D eigenvalue weighted by atomic mass is 35.5. The summed E-state index contributed by atoms with van der Waals surface area (Å²) in [6, 6.07) is 0. The molecule has 0 N–H and O–H groups in total. The first-order valence-electron chi connectivity index (χ1n) is 5.73. The Balaban J connectivity index is 1.82. The van der Waals surface area contributed by atoms with Crippen molar-refractivity contribution >= 4 is 28.1 Å². The molecule has 2 aromatic heterocycles. The second kappa shape index (κ2) is 4.66. The van der Waals surface area contributed by atoms with E-state index < -0.39 is 0 Å². The number of hydrogen-bond donors (Lipinski definition) is 0. The second-order valence-electron chi connectivity index (χ2n) is 4.14. The van der Waals surface area contributed by atoms with Crippen LogP contribution in [-0.2, 0) is 0 Å². The molecule has 1 aliphatic heterocycles. The van der Waals surface area contributed by atoms with Crippen LogP contribution in [0.1, 0.15) is 19.3 Å². The molecule has 1 saturated heterocycles. The molecule has 2 aromatic rings. The summed E-state index contributed by atoms with van der Waals surface area (Å²) in [7, 11) is 0. The molecule has 17 heavy (non-hydrogen) atoms. The van der Waals surface area contributed by atoms with E-state index in [1.54, 1.807) is 23.9 Å². The Morgan fingerprint density at radius 1 is 1.24 bits per heavy atom. The van der Waals surface area contributed by atoms with Crippen molar-refractivity contribution in [2.24, 2.45) is 0 Å². The summed E-state index contributed by atoms with van der Waals surface area (Å²) in [6.07, 6.45) is 7.34. The second-order valence-corrected chi connectivity index (χ2v) is 5.36. The molecule has 0 amide bonds. The normalized spacial score (nSPS) is 16.4. The number of piperidine rings is 1. The van der Waals surface area contributed by atoms with Gasteiger partial charge in [0.05, 0.1) is 0 Å². The molecule has 0 radical (unpaired) electrons. The monoisotopic (exact) mass is 268 g/mol. The van der Waals surface area contributed by atoms with Crippen molar-refractivity contribution in [1.82, 2.24) is 14.5 Å². The predicted molar refractivity (Wildman–Crippen MR) is 70.3 cm³/mol. The fraction of sp³-hybridized carbons (Fsp3) is 0.455. The zero-order valence-corrected chi connectivity index (χ0v) is 10.9. The van der Waals surface area contributed by atoms with Crippen LogP contribution in [0.25, 0.3) is 5.82 Å². The third-order valence-electron chi connectivity index (χ3n) is 2.92. The third kappa shape index (κ3) is 2.30. The number of nitrogens with zero attached hydrogens (tertiary/aromatic N) is 4. The lowest BCUT2D eigenvalue weighted by Gasteiger charge is -2.25. The highest BCUT2D eigenvalue weighted by Crippen LogP contribution is 2.25. The standard InChI is InChI=1S/C11H13ClN4S/c12-9-6-16(8-13-9)10-7-17-11(14-10)15-4-2-1-3-5-15/h6-8H,1-5H2. The van der Waals surface area contributed by atoms with Crippen LogP contribution in [0.5, 0.6) is 0 Å². The molecule has 0 spiro atoms. The van der Waals surface area contributed by atoms with E-state index in [9.17, 15) is 0 Å². The number of halogens is 1. The van der Waals surface area contributed by atoms with Crippen LogP contribution in [0.2, 0.25) is 5.15 Å². The molecule has 0 bridgehead atoms. The van der Waals surface area contributed by atoms with Gasteiger partial charge in [0.1, 0.15) is 11.5 Å². The largest absolute Gasteiger partial charge is 0.348 e. The molecule has 3 rings (SSSR count). The molecule has 1 fully saturated rings. The Morgan fingerprint density at radius 2 is 2.06 bits per heavy atom. The molecule has 0 aliphatic carbocycles. The molecule has 3 heterocycles. The van der Waals surface area contributed by atoms with Gasteiger partial charge >= 0.3 is 0 Å². The minimum atomic E-state index is 0.498. The maximum atomic E-state index is 5.80. The Labute approximate surface area is 109 Å². The van der Waals surface area contributed by atoms with Gasteiger partial charge in [0.25, 0.3) is 0 Å². The van der Waals surface area contributed by atoms with Gasteiger partial charge in [0.2, 0.25) is 0 Å². The molecule has 1 aliphatic rings. The van der Waals surface area contributed by atoms with Gasteiger partial charge in [-0.2, -0.15) is 0 Å². The molecular weight excluding hydrogens is 256 g/mol. The number of rotatable bonds is 2. The number of thiazole rings is 1. The van der Waals surface area contributed by atoms with E-state index in [1.807, 2.05) is 9.95 Å². The van der Waals surface area contributed by atoms with Crippen LogP contribution in [0, 0.1) is 0 Å². The van der Waals surface area contributed by atoms with Crippen LogP contribution in [-0.4, -0.2) is 27.6 Å². The molecule has 90 valence electrons. The molecule has 4 nitrogen and oxygen atoms in total. The summed E-state index contributed by atoms with van der Waals surface area (Å²) in [5.74, 6) is 0.898. The highest BCUT2D eigenvalue weighted by molar-refractivity contribution is 7.14. The van der Waals surface area contributed by atoms with Crippen LogP contribution >= 0.6 is 22.9 Å². The van der Waals surface area contributed by atoms with Gasteiger partial charge in [-0.15, -0.1) is 11.3 Å². The Kier molecular flexibility index (Phi) is 3.03. The molecule has 0 atom stereocenters. The van der Waals surface area contributed by atoms with Gasteiger partial charge < -0.3 is 4.90 Å². The van der Waals surface area contributed by atoms with E-state index in [-0.39, 0.29) is 0 Å². The zero-order valence-electron chi connectivity index (χ0n) is 9.34. The summed E-state index contributed by atoms with van der Waals surface area (Å²) in [6.45, 7) is 2.25. The molecule has 6 heteroatoms. The van der Waals surface area contributed by atoms with Crippen LogP contribution < -0.4 is 4.90 Å². The molecule has 0 saturated carbocycles. The van der Waals surface area contributed by atoms with E-state index in [1.165, 1.54) is 19.3 Å². The molecular formula is C11H13ClN4S. The van der Waals surface area contributed by atoms with E-state index >= 15 is 0 Å². The van der Waals surface area contributed by atoms with E-state index in [2.05, 4.69) is 14.9 Å². The van der Waals surface area contributed by atoms with Crippen molar-refractivity contribution in [3.8, 4) is 5.82 Å². The van der Waals surface area contributed by atoms with Crippen molar-refractivity contribution in [2.45, 2.75) is 19.3 Å². The maximum Gasteiger partial charge on any atom is 0.187 e. The molecule has 0 unspecified atom stereocenters. The quantitative estimate of drug-likeness (QED) is 0.840. The first-order chi connectivity index (χ1) is 8.33. The third-order valence-corrected chi connectivity index (χ3v) is 4.01. The van der Waals surface area contributed by atoms with E-state index in [0.29, 0.717) is 5.15 Å². The Morgan fingerprint density at radius 3 is 2.76 bits per heavy atom. The van der Waals surface area contributed by atoms with Crippen LogP contribution in [0.4, 0.5) is 5.13 Å². The van der Waals surface area contributed by atoms with Gasteiger partial charge in [-0.25, -0.2) is 9.97 Å². The minimum Gasteiger partial charge on any atom is -0.348 e. The average molecular weight is 269 g/mol. The lowest BCUT2D eigenvalue weighted by molar-refractivity contribution is 0.576. The van der Waals surface area contributed by atoms with Crippen LogP contribution in [0.15, 0.2) is 17.9 Å². The van der Waals surface area contributed by atoms with Crippen LogP contribution in [0.3, 0.4) is 0 Å². The van der Waals surface area contributed by atoms with Crippen molar-refractivity contribution in [2.75, 3.05) is 18.0 Å². The Bertz CT molecular complexity index is 501. The van der Waals surface area contributed by atoms with Crippen molar-refractivity contribution in [3.63, 3.8) is 0 Å². The van der Waals surface area contributed by atoms with Gasteiger partial charge in [0.15, 0.2) is 10.9 Å². The van der Waals surface area contributed by atoms with Gasteiger partial charge in [0, 0.05) is 24.7 Å². The predicted octanol–water partition coefficient (Wildman–Crippen LogP) is 2.97. The maximum absolute atomic E-state index is 5.80. The summed E-state index contributed by atoms with van der Waals surface area (Å²) in [5.41, 5.74) is 0. The number of hydrogen-bond acceptors (Lipinski definition) is 4. The van der Waals surface area contributed by atoms with E-state index in [4.69, 9.17) is 11.6 Å². The topological polar surface area (TPSA) is 34.0 Å².